The zero-order chi connectivity index (χ0) is 20.4. The van der Waals surface area contributed by atoms with Gasteiger partial charge in [-0.1, -0.05) is 36.7 Å². The standard InChI is InChI=1S/C22H27ClN4O2/c1-2-11-24-22(29)27(16-9-10-16)15-20(28)26-14-13-25-12-5-8-19(25)21(26)17-6-3-4-7-18(17)23/h3-8,12,16,21H,2,9-11,13-15H2,1H3,(H,24,29)/t21-/m0/s1. The first kappa shape index (κ1) is 19.8. The summed E-state index contributed by atoms with van der Waals surface area (Å²) < 4.78 is 2.17. The number of urea groups is 1. The van der Waals surface area contributed by atoms with E-state index in [1.54, 1.807) is 4.90 Å². The van der Waals surface area contributed by atoms with Crippen LogP contribution in [-0.4, -0.2) is 52.0 Å². The lowest BCUT2D eigenvalue weighted by atomic mass is 9.99. The van der Waals surface area contributed by atoms with Crippen molar-refractivity contribution < 1.29 is 9.59 Å². The van der Waals surface area contributed by atoms with Crippen LogP contribution in [0, 0.1) is 0 Å². The third-order valence-corrected chi connectivity index (χ3v) is 5.98. The molecule has 2 heterocycles. The van der Waals surface area contributed by atoms with Gasteiger partial charge >= 0.3 is 6.03 Å². The fraction of sp³-hybridized carbons (Fsp3) is 0.455. The van der Waals surface area contributed by atoms with Crippen LogP contribution in [0.1, 0.15) is 43.5 Å². The van der Waals surface area contributed by atoms with Crippen molar-refractivity contribution in [2.24, 2.45) is 0 Å². The van der Waals surface area contributed by atoms with Crippen LogP contribution in [0.25, 0.3) is 0 Å². The van der Waals surface area contributed by atoms with E-state index in [-0.39, 0.29) is 30.6 Å². The number of rotatable bonds is 6. The molecule has 0 saturated heterocycles. The molecule has 0 bridgehead atoms. The highest BCUT2D eigenvalue weighted by molar-refractivity contribution is 6.31. The molecule has 1 aliphatic carbocycles. The molecule has 2 aliphatic rings. The summed E-state index contributed by atoms with van der Waals surface area (Å²) in [5.41, 5.74) is 1.96. The molecule has 29 heavy (non-hydrogen) atoms. The van der Waals surface area contributed by atoms with Crippen LogP contribution >= 0.6 is 11.6 Å². The summed E-state index contributed by atoms with van der Waals surface area (Å²) in [6.45, 7) is 4.06. The molecule has 1 saturated carbocycles. The molecular weight excluding hydrogens is 388 g/mol. The molecular formula is C22H27ClN4O2. The molecule has 0 unspecified atom stereocenters. The summed E-state index contributed by atoms with van der Waals surface area (Å²) in [6, 6.07) is 11.5. The van der Waals surface area contributed by atoms with E-state index in [1.807, 2.05) is 54.4 Å². The lowest BCUT2D eigenvalue weighted by Gasteiger charge is -2.38. The highest BCUT2D eigenvalue weighted by atomic mass is 35.5. The minimum atomic E-state index is -0.250. The van der Waals surface area contributed by atoms with Gasteiger partial charge in [-0.05, 0) is 43.0 Å². The summed E-state index contributed by atoms with van der Waals surface area (Å²) in [5.74, 6) is -0.0408. The van der Waals surface area contributed by atoms with Gasteiger partial charge in [0.05, 0.1) is 6.04 Å². The highest BCUT2D eigenvalue weighted by Crippen LogP contribution is 2.36. The second kappa shape index (κ2) is 8.49. The van der Waals surface area contributed by atoms with Crippen molar-refractivity contribution in [3.8, 4) is 0 Å². The second-order valence-electron chi connectivity index (χ2n) is 7.73. The zero-order valence-corrected chi connectivity index (χ0v) is 17.4. The average Bonchev–Trinajstić information content (AvgIpc) is 3.45. The largest absolute Gasteiger partial charge is 0.348 e. The number of benzene rings is 1. The summed E-state index contributed by atoms with van der Waals surface area (Å²) in [4.78, 5) is 29.6. The van der Waals surface area contributed by atoms with Crippen molar-refractivity contribution in [3.05, 3.63) is 58.9 Å². The third kappa shape index (κ3) is 4.13. The molecule has 1 N–H and O–H groups in total. The Balaban J connectivity index is 1.59. The van der Waals surface area contributed by atoms with Crippen LogP contribution in [0.15, 0.2) is 42.6 Å². The quantitative estimate of drug-likeness (QED) is 0.784. The first-order valence-electron chi connectivity index (χ1n) is 10.3. The molecule has 1 aromatic carbocycles. The fourth-order valence-electron chi connectivity index (χ4n) is 4.00. The Morgan fingerprint density at radius 1 is 1.17 bits per heavy atom. The number of halogens is 1. The van der Waals surface area contributed by atoms with E-state index < -0.39 is 0 Å². The SMILES string of the molecule is CCCNC(=O)N(CC(=O)N1CCn2cccc2[C@@H]1c1ccccc1Cl)C1CC1. The van der Waals surface area contributed by atoms with E-state index in [1.165, 1.54) is 0 Å². The maximum Gasteiger partial charge on any atom is 0.318 e. The number of carbonyl (C=O) groups excluding carboxylic acids is 2. The topological polar surface area (TPSA) is 57.6 Å². The molecule has 6 nitrogen and oxygen atoms in total. The van der Waals surface area contributed by atoms with Crippen LogP contribution < -0.4 is 5.32 Å². The Morgan fingerprint density at radius 2 is 1.97 bits per heavy atom. The Kier molecular flexibility index (Phi) is 5.81. The van der Waals surface area contributed by atoms with Gasteiger partial charge in [-0.2, -0.15) is 0 Å². The third-order valence-electron chi connectivity index (χ3n) is 5.64. The van der Waals surface area contributed by atoms with Gasteiger partial charge in [-0.3, -0.25) is 4.79 Å². The molecule has 1 aliphatic heterocycles. The molecule has 7 heteroatoms. The number of amides is 3. The predicted octanol–water partition coefficient (Wildman–Crippen LogP) is 3.66. The van der Waals surface area contributed by atoms with Gasteiger partial charge in [0.25, 0.3) is 0 Å². The summed E-state index contributed by atoms with van der Waals surface area (Å²) in [6.07, 6.45) is 4.83. The van der Waals surface area contributed by atoms with Gasteiger partial charge in [0.1, 0.15) is 6.54 Å². The first-order valence-corrected chi connectivity index (χ1v) is 10.7. The maximum absolute atomic E-state index is 13.4. The van der Waals surface area contributed by atoms with E-state index >= 15 is 0 Å². The van der Waals surface area contributed by atoms with Crippen molar-refractivity contribution in [1.29, 1.82) is 0 Å². The Labute approximate surface area is 176 Å². The minimum Gasteiger partial charge on any atom is -0.348 e. The van der Waals surface area contributed by atoms with Crippen molar-refractivity contribution in [2.75, 3.05) is 19.6 Å². The Morgan fingerprint density at radius 3 is 2.69 bits per heavy atom. The van der Waals surface area contributed by atoms with Gasteiger partial charge in [0, 0.05) is 42.6 Å². The number of fused-ring (bicyclic) bond motifs is 1. The van der Waals surface area contributed by atoms with Crippen LogP contribution in [0.2, 0.25) is 5.02 Å². The molecule has 2 aromatic rings. The smallest absolute Gasteiger partial charge is 0.318 e. The lowest BCUT2D eigenvalue weighted by molar-refractivity contribution is -0.134. The Bertz CT molecular complexity index is 892. The van der Waals surface area contributed by atoms with Crippen LogP contribution in [0.4, 0.5) is 4.79 Å². The molecule has 154 valence electrons. The zero-order valence-electron chi connectivity index (χ0n) is 16.7. The van der Waals surface area contributed by atoms with Crippen LogP contribution in [0.5, 0.6) is 0 Å². The first-order chi connectivity index (χ1) is 14.1. The number of nitrogens with zero attached hydrogens (tertiary/aromatic N) is 3. The van der Waals surface area contributed by atoms with Gasteiger partial charge in [-0.25, -0.2) is 4.79 Å². The summed E-state index contributed by atoms with van der Waals surface area (Å²) in [7, 11) is 0. The molecule has 0 spiro atoms. The number of hydrogen-bond acceptors (Lipinski definition) is 2. The summed E-state index contributed by atoms with van der Waals surface area (Å²) >= 11 is 6.51. The van der Waals surface area contributed by atoms with E-state index in [4.69, 9.17) is 11.6 Å². The number of hydrogen-bond donors (Lipinski definition) is 1. The van der Waals surface area contributed by atoms with Gasteiger partial charge in [-0.15, -0.1) is 0 Å². The predicted molar refractivity (Wildman–Crippen MR) is 113 cm³/mol. The van der Waals surface area contributed by atoms with Crippen molar-refractivity contribution in [3.63, 3.8) is 0 Å². The normalized spacial score (nSPS) is 18.3. The highest BCUT2D eigenvalue weighted by Gasteiger charge is 2.38. The number of nitrogens with one attached hydrogen (secondary N) is 1. The van der Waals surface area contributed by atoms with Gasteiger partial charge in [0.15, 0.2) is 0 Å². The van der Waals surface area contributed by atoms with Crippen molar-refractivity contribution >= 4 is 23.5 Å². The van der Waals surface area contributed by atoms with Crippen LogP contribution in [0.3, 0.4) is 0 Å². The molecule has 1 aromatic heterocycles. The van der Waals surface area contributed by atoms with E-state index in [2.05, 4.69) is 9.88 Å². The summed E-state index contributed by atoms with van der Waals surface area (Å²) in [5, 5.41) is 3.56. The van der Waals surface area contributed by atoms with E-state index in [9.17, 15) is 9.59 Å². The van der Waals surface area contributed by atoms with E-state index in [0.29, 0.717) is 18.1 Å². The molecule has 1 fully saturated rings. The number of carbonyl (C=O) groups is 2. The maximum atomic E-state index is 13.4. The fourth-order valence-corrected chi connectivity index (χ4v) is 4.24. The molecule has 1 atom stereocenters. The molecule has 3 amide bonds. The lowest BCUT2D eigenvalue weighted by Crippen LogP contribution is -2.50. The Hall–Kier alpha value is -2.47. The molecule has 4 rings (SSSR count). The van der Waals surface area contributed by atoms with E-state index in [0.717, 1.165) is 37.1 Å². The van der Waals surface area contributed by atoms with Crippen LogP contribution in [-0.2, 0) is 11.3 Å². The molecule has 0 radical (unpaired) electrons. The van der Waals surface area contributed by atoms with Crippen molar-refractivity contribution in [1.82, 2.24) is 19.7 Å². The minimum absolute atomic E-state index is 0.0408. The second-order valence-corrected chi connectivity index (χ2v) is 8.14. The van der Waals surface area contributed by atoms with Crippen molar-refractivity contribution in [2.45, 2.75) is 44.8 Å². The average molecular weight is 415 g/mol. The van der Waals surface area contributed by atoms with Gasteiger partial charge < -0.3 is 19.7 Å². The monoisotopic (exact) mass is 414 g/mol. The number of aromatic nitrogens is 1. The van der Waals surface area contributed by atoms with Gasteiger partial charge in [0.2, 0.25) is 5.91 Å².